The van der Waals surface area contributed by atoms with Gasteiger partial charge in [-0.15, -0.1) is 5.10 Å². The Kier molecular flexibility index (Phi) is 7.25. The number of nitrogens with one attached hydrogen (secondary N) is 1. The van der Waals surface area contributed by atoms with Crippen LogP contribution in [0.25, 0.3) is 0 Å². The summed E-state index contributed by atoms with van der Waals surface area (Å²) in [6.07, 6.45) is 2.24. The molecule has 0 aliphatic heterocycles. The molecule has 30 heavy (non-hydrogen) atoms. The van der Waals surface area contributed by atoms with Gasteiger partial charge in [0.15, 0.2) is 11.5 Å². The first kappa shape index (κ1) is 21.2. The van der Waals surface area contributed by atoms with Gasteiger partial charge in [-0.1, -0.05) is 36.4 Å². The van der Waals surface area contributed by atoms with Crippen LogP contribution < -0.4 is 14.8 Å². The first-order valence-electron chi connectivity index (χ1n) is 9.22. The lowest BCUT2D eigenvalue weighted by Gasteiger charge is -2.17. The SMILES string of the molecule is COc1ccc(CCNC(=O)C(Cc2ccccc2)n2cnnn2)cc1OC(F)F. The summed E-state index contributed by atoms with van der Waals surface area (Å²) in [6, 6.07) is 13.7. The van der Waals surface area contributed by atoms with Crippen LogP contribution in [-0.4, -0.2) is 46.4 Å². The van der Waals surface area contributed by atoms with Gasteiger partial charge in [-0.05, 0) is 40.1 Å². The minimum atomic E-state index is -2.95. The Balaban J connectivity index is 1.63. The van der Waals surface area contributed by atoms with Gasteiger partial charge in [0, 0.05) is 13.0 Å². The zero-order valence-corrected chi connectivity index (χ0v) is 16.2. The molecular weight excluding hydrogens is 396 g/mol. The molecule has 1 aromatic heterocycles. The third-order valence-electron chi connectivity index (χ3n) is 4.42. The topological polar surface area (TPSA) is 91.2 Å². The zero-order valence-electron chi connectivity index (χ0n) is 16.2. The van der Waals surface area contributed by atoms with Crippen LogP contribution in [0.4, 0.5) is 8.78 Å². The highest BCUT2D eigenvalue weighted by Gasteiger charge is 2.22. The third kappa shape index (κ3) is 5.72. The van der Waals surface area contributed by atoms with Crippen LogP contribution in [0.15, 0.2) is 54.9 Å². The fraction of sp³-hybridized carbons (Fsp3) is 0.300. The summed E-state index contributed by atoms with van der Waals surface area (Å²) >= 11 is 0. The van der Waals surface area contributed by atoms with E-state index < -0.39 is 12.7 Å². The molecule has 1 amide bonds. The number of halogens is 2. The molecule has 0 saturated heterocycles. The van der Waals surface area contributed by atoms with Gasteiger partial charge in [0.1, 0.15) is 12.4 Å². The molecule has 2 aromatic carbocycles. The predicted molar refractivity (Wildman–Crippen MR) is 103 cm³/mol. The van der Waals surface area contributed by atoms with Gasteiger partial charge in [0.25, 0.3) is 0 Å². The second-order valence-electron chi connectivity index (χ2n) is 6.40. The molecule has 1 atom stereocenters. The predicted octanol–water partition coefficient (Wildman–Crippen LogP) is 2.43. The number of rotatable bonds is 10. The molecule has 0 fully saturated rings. The van der Waals surface area contributed by atoms with E-state index >= 15 is 0 Å². The van der Waals surface area contributed by atoms with Crippen LogP contribution in [0.1, 0.15) is 17.2 Å². The summed E-state index contributed by atoms with van der Waals surface area (Å²) in [7, 11) is 1.37. The monoisotopic (exact) mass is 417 g/mol. The van der Waals surface area contributed by atoms with Gasteiger partial charge in [-0.3, -0.25) is 4.79 Å². The fourth-order valence-corrected chi connectivity index (χ4v) is 2.97. The van der Waals surface area contributed by atoms with Crippen molar-refractivity contribution in [2.24, 2.45) is 0 Å². The van der Waals surface area contributed by atoms with Crippen molar-refractivity contribution in [1.29, 1.82) is 0 Å². The highest BCUT2D eigenvalue weighted by molar-refractivity contribution is 5.80. The molecule has 8 nitrogen and oxygen atoms in total. The van der Waals surface area contributed by atoms with Gasteiger partial charge < -0.3 is 14.8 Å². The van der Waals surface area contributed by atoms with Crippen LogP contribution in [0.3, 0.4) is 0 Å². The maximum absolute atomic E-state index is 12.8. The smallest absolute Gasteiger partial charge is 0.387 e. The molecule has 0 aliphatic rings. The number of nitrogens with zero attached hydrogens (tertiary/aromatic N) is 4. The van der Waals surface area contributed by atoms with Crippen molar-refractivity contribution in [3.8, 4) is 11.5 Å². The minimum Gasteiger partial charge on any atom is -0.493 e. The normalized spacial score (nSPS) is 11.9. The molecule has 3 rings (SSSR count). The number of tetrazole rings is 1. The standard InChI is InChI=1S/C20H21F2N5O3/c1-29-17-8-7-15(12-18(17)30-20(21)22)9-10-23-19(28)16(27-13-24-25-26-27)11-14-5-3-2-4-6-14/h2-8,12-13,16,20H,9-11H2,1H3,(H,23,28). The van der Waals surface area contributed by atoms with E-state index in [1.807, 2.05) is 30.3 Å². The highest BCUT2D eigenvalue weighted by Crippen LogP contribution is 2.29. The van der Waals surface area contributed by atoms with Crippen LogP contribution in [0.2, 0.25) is 0 Å². The summed E-state index contributed by atoms with van der Waals surface area (Å²) in [6.45, 7) is -2.66. The van der Waals surface area contributed by atoms with E-state index in [0.717, 1.165) is 5.56 Å². The van der Waals surface area contributed by atoms with Crippen molar-refractivity contribution in [2.45, 2.75) is 25.5 Å². The van der Waals surface area contributed by atoms with Crippen molar-refractivity contribution in [3.63, 3.8) is 0 Å². The molecule has 0 bridgehead atoms. The van der Waals surface area contributed by atoms with E-state index in [2.05, 4.69) is 25.6 Å². The third-order valence-corrected chi connectivity index (χ3v) is 4.42. The zero-order chi connectivity index (χ0) is 21.3. The average Bonchev–Trinajstić information content (AvgIpc) is 3.27. The number of alkyl halides is 2. The second kappa shape index (κ2) is 10.3. The number of hydrogen-bond acceptors (Lipinski definition) is 6. The van der Waals surface area contributed by atoms with Crippen LogP contribution >= 0.6 is 0 Å². The number of carbonyl (C=O) groups is 1. The minimum absolute atomic E-state index is 0.0491. The van der Waals surface area contributed by atoms with Crippen LogP contribution in [0, 0.1) is 0 Å². The van der Waals surface area contributed by atoms with Crippen molar-refractivity contribution in [3.05, 3.63) is 66.0 Å². The number of methoxy groups -OCH3 is 1. The number of aromatic nitrogens is 4. The Morgan fingerprint density at radius 2 is 1.93 bits per heavy atom. The highest BCUT2D eigenvalue weighted by atomic mass is 19.3. The summed E-state index contributed by atoms with van der Waals surface area (Å²) in [5.41, 5.74) is 1.69. The molecule has 10 heteroatoms. The van der Waals surface area contributed by atoms with E-state index in [-0.39, 0.29) is 17.4 Å². The van der Waals surface area contributed by atoms with Gasteiger partial charge in [-0.25, -0.2) is 4.68 Å². The van der Waals surface area contributed by atoms with E-state index in [1.54, 1.807) is 12.1 Å². The first-order valence-corrected chi connectivity index (χ1v) is 9.22. The summed E-state index contributed by atoms with van der Waals surface area (Å²) in [4.78, 5) is 12.8. The quantitative estimate of drug-likeness (QED) is 0.545. The van der Waals surface area contributed by atoms with Crippen LogP contribution in [-0.2, 0) is 17.6 Å². The van der Waals surface area contributed by atoms with Crippen molar-refractivity contribution in [1.82, 2.24) is 25.5 Å². The molecule has 3 aromatic rings. The Labute approximate surface area is 171 Å². The van der Waals surface area contributed by atoms with Gasteiger partial charge in [0.05, 0.1) is 7.11 Å². The molecule has 158 valence electrons. The van der Waals surface area contributed by atoms with Crippen molar-refractivity contribution >= 4 is 5.91 Å². The lowest BCUT2D eigenvalue weighted by Crippen LogP contribution is -2.35. The first-order chi connectivity index (χ1) is 14.6. The Hall–Kier alpha value is -3.56. The number of amides is 1. The second-order valence-corrected chi connectivity index (χ2v) is 6.40. The maximum Gasteiger partial charge on any atom is 0.387 e. The number of ether oxygens (including phenoxy) is 2. The Bertz CT molecular complexity index is 939. The molecule has 1 N–H and O–H groups in total. The van der Waals surface area contributed by atoms with E-state index in [9.17, 15) is 13.6 Å². The molecule has 1 heterocycles. The molecule has 0 spiro atoms. The number of hydrogen-bond donors (Lipinski definition) is 1. The Morgan fingerprint density at radius 3 is 2.60 bits per heavy atom. The van der Waals surface area contributed by atoms with E-state index in [1.165, 1.54) is 24.2 Å². The van der Waals surface area contributed by atoms with Crippen molar-refractivity contribution in [2.75, 3.05) is 13.7 Å². The van der Waals surface area contributed by atoms with E-state index in [0.29, 0.717) is 24.9 Å². The molecule has 1 unspecified atom stereocenters. The molecule has 0 aliphatic carbocycles. The number of carbonyl (C=O) groups excluding carboxylic acids is 1. The number of benzene rings is 2. The largest absolute Gasteiger partial charge is 0.493 e. The summed E-state index contributed by atoms with van der Waals surface area (Å²) in [5.74, 6) is -0.0830. The lowest BCUT2D eigenvalue weighted by molar-refractivity contribution is -0.124. The lowest BCUT2D eigenvalue weighted by atomic mass is 10.1. The Morgan fingerprint density at radius 1 is 1.13 bits per heavy atom. The van der Waals surface area contributed by atoms with E-state index in [4.69, 9.17) is 4.74 Å². The summed E-state index contributed by atoms with van der Waals surface area (Å²) in [5, 5.41) is 13.9. The van der Waals surface area contributed by atoms with Gasteiger partial charge in [-0.2, -0.15) is 8.78 Å². The molecule has 0 saturated carbocycles. The summed E-state index contributed by atoms with van der Waals surface area (Å²) < 4.78 is 36.1. The van der Waals surface area contributed by atoms with Crippen LogP contribution in [0.5, 0.6) is 11.5 Å². The van der Waals surface area contributed by atoms with Gasteiger partial charge in [0.2, 0.25) is 5.91 Å². The van der Waals surface area contributed by atoms with Gasteiger partial charge >= 0.3 is 6.61 Å². The average molecular weight is 417 g/mol. The fourth-order valence-electron chi connectivity index (χ4n) is 2.97. The maximum atomic E-state index is 12.8. The van der Waals surface area contributed by atoms with Crippen molar-refractivity contribution < 1.29 is 23.0 Å². The molecular formula is C20H21F2N5O3. The molecule has 0 radical (unpaired) electrons.